The molecule has 0 spiro atoms. The van der Waals surface area contributed by atoms with E-state index in [-0.39, 0.29) is 11.1 Å². The molecule has 0 saturated heterocycles. The number of aldehydes is 1. The van der Waals surface area contributed by atoms with E-state index in [1.54, 1.807) is 24.3 Å². The molecular weight excluding hydrogens is 347 g/mol. The second-order valence-corrected chi connectivity index (χ2v) is 6.54. The van der Waals surface area contributed by atoms with Crippen LogP contribution in [0.1, 0.15) is 40.5 Å². The van der Waals surface area contributed by atoms with Crippen molar-refractivity contribution in [2.24, 2.45) is 10.9 Å². The molecule has 0 aromatic heterocycles. The summed E-state index contributed by atoms with van der Waals surface area (Å²) in [6.45, 7) is 6.20. The number of amides is 1. The number of carbonyl (C=O) groups excluding carboxylic acids is 2. The molecule has 1 aliphatic carbocycles. The van der Waals surface area contributed by atoms with Crippen LogP contribution in [-0.2, 0) is 0 Å². The van der Waals surface area contributed by atoms with Gasteiger partial charge >= 0.3 is 0 Å². The monoisotopic (exact) mass is 366 g/mol. The van der Waals surface area contributed by atoms with E-state index in [9.17, 15) is 19.1 Å². The van der Waals surface area contributed by atoms with E-state index in [4.69, 9.17) is 0 Å². The molecule has 2 aromatic carbocycles. The Morgan fingerprint density at radius 1 is 1.33 bits per heavy atom. The van der Waals surface area contributed by atoms with Crippen molar-refractivity contribution in [2.45, 2.75) is 19.8 Å². The number of hydrogen-bond acceptors (Lipinski definition) is 4. The van der Waals surface area contributed by atoms with Crippen LogP contribution in [-0.4, -0.2) is 23.0 Å². The topological polar surface area (TPSA) is 78.8 Å². The predicted octanol–water partition coefficient (Wildman–Crippen LogP) is 4.65. The molecule has 2 aromatic rings. The Balaban J connectivity index is 1.74. The molecule has 138 valence electrons. The standard InChI is InChI=1S/C21H19FN2O3/c1-12-3-8-19(13(12)2)23-16-4-6-17(7-5-16)24-21(27)14-9-15(11-25)20(26)18(22)10-14/h4-7,9-12,26H,2-3,8H2,1H3,(H,24,27)/b23-19-. The third-order valence-corrected chi connectivity index (χ3v) is 4.65. The SMILES string of the molecule is C=C1/C(=N\c2ccc(NC(=O)c3cc(F)c(O)c(C=O)c3)cc2)CCC1C. The summed E-state index contributed by atoms with van der Waals surface area (Å²) < 4.78 is 13.6. The molecule has 0 bridgehead atoms. The first-order valence-electron chi connectivity index (χ1n) is 8.55. The molecule has 2 N–H and O–H groups in total. The van der Waals surface area contributed by atoms with Gasteiger partial charge in [0.2, 0.25) is 0 Å². The van der Waals surface area contributed by atoms with Crippen molar-refractivity contribution in [2.75, 3.05) is 5.32 Å². The second-order valence-electron chi connectivity index (χ2n) is 6.54. The second kappa shape index (κ2) is 7.53. The smallest absolute Gasteiger partial charge is 0.255 e. The number of halogens is 1. The summed E-state index contributed by atoms with van der Waals surface area (Å²) in [4.78, 5) is 27.7. The number of phenols is 1. The minimum atomic E-state index is -1.03. The fraction of sp³-hybridized carbons (Fsp3) is 0.190. The lowest BCUT2D eigenvalue weighted by Crippen LogP contribution is -2.12. The van der Waals surface area contributed by atoms with E-state index in [0.29, 0.717) is 17.9 Å². The maximum Gasteiger partial charge on any atom is 0.255 e. The number of benzene rings is 2. The lowest BCUT2D eigenvalue weighted by molar-refractivity contribution is 0.102. The zero-order chi connectivity index (χ0) is 19.6. The van der Waals surface area contributed by atoms with Gasteiger partial charge in [0.15, 0.2) is 17.9 Å². The Morgan fingerprint density at radius 2 is 2.04 bits per heavy atom. The number of nitrogens with one attached hydrogen (secondary N) is 1. The first-order valence-corrected chi connectivity index (χ1v) is 8.55. The van der Waals surface area contributed by atoms with Gasteiger partial charge in [-0.15, -0.1) is 0 Å². The summed E-state index contributed by atoms with van der Waals surface area (Å²) in [5, 5.41) is 12.0. The third-order valence-electron chi connectivity index (χ3n) is 4.65. The zero-order valence-corrected chi connectivity index (χ0v) is 14.8. The molecule has 1 atom stereocenters. The summed E-state index contributed by atoms with van der Waals surface area (Å²) >= 11 is 0. The molecule has 1 fully saturated rings. The van der Waals surface area contributed by atoms with Crippen LogP contribution in [0.25, 0.3) is 0 Å². The van der Waals surface area contributed by atoms with Gasteiger partial charge in [-0.3, -0.25) is 14.6 Å². The van der Waals surface area contributed by atoms with Crippen LogP contribution in [0.15, 0.2) is 53.5 Å². The van der Waals surface area contributed by atoms with Crippen LogP contribution in [0.2, 0.25) is 0 Å². The van der Waals surface area contributed by atoms with Crippen LogP contribution in [0.3, 0.4) is 0 Å². The fourth-order valence-electron chi connectivity index (χ4n) is 2.92. The maximum absolute atomic E-state index is 13.6. The summed E-state index contributed by atoms with van der Waals surface area (Å²) in [6.07, 6.45) is 2.25. The predicted molar refractivity (Wildman–Crippen MR) is 102 cm³/mol. The van der Waals surface area contributed by atoms with Gasteiger partial charge in [-0.25, -0.2) is 4.39 Å². The molecule has 0 aliphatic heterocycles. The minimum Gasteiger partial charge on any atom is -0.504 e. The third kappa shape index (κ3) is 3.95. The molecule has 3 rings (SSSR count). The summed E-state index contributed by atoms with van der Waals surface area (Å²) in [5.41, 5.74) is 2.99. The average molecular weight is 366 g/mol. The molecule has 0 heterocycles. The number of rotatable bonds is 4. The van der Waals surface area contributed by atoms with E-state index in [1.807, 2.05) is 0 Å². The fourth-order valence-corrected chi connectivity index (χ4v) is 2.92. The highest BCUT2D eigenvalue weighted by Crippen LogP contribution is 2.29. The molecule has 1 saturated carbocycles. The Bertz CT molecular complexity index is 949. The van der Waals surface area contributed by atoms with Gasteiger partial charge < -0.3 is 10.4 Å². The van der Waals surface area contributed by atoms with Gasteiger partial charge in [0.1, 0.15) is 0 Å². The molecule has 6 heteroatoms. The number of allylic oxidation sites excluding steroid dienone is 1. The number of anilines is 1. The van der Waals surface area contributed by atoms with Crippen LogP contribution < -0.4 is 5.32 Å². The Kier molecular flexibility index (Phi) is 5.16. The largest absolute Gasteiger partial charge is 0.504 e. The minimum absolute atomic E-state index is 0.0621. The summed E-state index contributed by atoms with van der Waals surface area (Å²) in [5.74, 6) is -1.94. The number of nitrogens with zero attached hydrogens (tertiary/aromatic N) is 1. The zero-order valence-electron chi connectivity index (χ0n) is 14.8. The van der Waals surface area contributed by atoms with Gasteiger partial charge in [-0.2, -0.15) is 0 Å². The number of hydrogen-bond donors (Lipinski definition) is 2. The van der Waals surface area contributed by atoms with Crippen molar-refractivity contribution in [1.82, 2.24) is 0 Å². The van der Waals surface area contributed by atoms with Crippen molar-refractivity contribution in [3.05, 3.63) is 65.5 Å². The first-order chi connectivity index (χ1) is 12.9. The number of aromatic hydroxyl groups is 1. The molecule has 1 amide bonds. The highest BCUT2D eigenvalue weighted by atomic mass is 19.1. The van der Waals surface area contributed by atoms with Crippen molar-refractivity contribution >= 4 is 29.3 Å². The van der Waals surface area contributed by atoms with E-state index in [2.05, 4.69) is 23.8 Å². The molecule has 27 heavy (non-hydrogen) atoms. The number of carbonyl (C=O) groups is 2. The van der Waals surface area contributed by atoms with Crippen LogP contribution >= 0.6 is 0 Å². The van der Waals surface area contributed by atoms with Crippen LogP contribution in [0.4, 0.5) is 15.8 Å². The molecular formula is C21H19FN2O3. The van der Waals surface area contributed by atoms with Gasteiger partial charge in [0.05, 0.1) is 11.3 Å². The van der Waals surface area contributed by atoms with E-state index < -0.39 is 17.5 Å². The molecule has 0 radical (unpaired) electrons. The van der Waals surface area contributed by atoms with Crippen LogP contribution in [0, 0.1) is 11.7 Å². The van der Waals surface area contributed by atoms with E-state index in [1.165, 1.54) is 0 Å². The van der Waals surface area contributed by atoms with Gasteiger partial charge in [0.25, 0.3) is 5.91 Å². The molecule has 5 nitrogen and oxygen atoms in total. The number of aliphatic imine (C=N–C) groups is 1. The van der Waals surface area contributed by atoms with Crippen molar-refractivity contribution in [3.8, 4) is 5.75 Å². The highest BCUT2D eigenvalue weighted by molar-refractivity contribution is 6.06. The lowest BCUT2D eigenvalue weighted by atomic mass is 10.1. The first kappa shape index (κ1) is 18.5. The van der Waals surface area contributed by atoms with Crippen LogP contribution in [0.5, 0.6) is 5.75 Å². The lowest BCUT2D eigenvalue weighted by Gasteiger charge is -2.08. The van der Waals surface area contributed by atoms with Gasteiger partial charge in [-0.05, 0) is 60.7 Å². The summed E-state index contributed by atoms with van der Waals surface area (Å²) in [7, 11) is 0. The van der Waals surface area contributed by atoms with Crippen molar-refractivity contribution < 1.29 is 19.1 Å². The maximum atomic E-state index is 13.6. The molecule has 1 unspecified atom stereocenters. The highest BCUT2D eigenvalue weighted by Gasteiger charge is 2.21. The number of phenolic OH excluding ortho intramolecular Hbond substituents is 1. The normalized spacial score (nSPS) is 17.9. The van der Waals surface area contributed by atoms with E-state index in [0.717, 1.165) is 41.9 Å². The van der Waals surface area contributed by atoms with Gasteiger partial charge in [0, 0.05) is 17.0 Å². The Hall–Kier alpha value is -3.28. The van der Waals surface area contributed by atoms with Crippen molar-refractivity contribution in [3.63, 3.8) is 0 Å². The molecule has 1 aliphatic rings. The Morgan fingerprint density at radius 3 is 2.63 bits per heavy atom. The van der Waals surface area contributed by atoms with E-state index >= 15 is 0 Å². The average Bonchev–Trinajstić information content (AvgIpc) is 2.97. The van der Waals surface area contributed by atoms with Crippen molar-refractivity contribution in [1.29, 1.82) is 0 Å². The van der Waals surface area contributed by atoms with Gasteiger partial charge in [-0.1, -0.05) is 13.5 Å². The quantitative estimate of drug-likeness (QED) is 0.773. The Labute approximate surface area is 156 Å². The summed E-state index contributed by atoms with van der Waals surface area (Å²) in [6, 6.07) is 8.94.